The van der Waals surface area contributed by atoms with Crippen molar-refractivity contribution in [2.24, 2.45) is 28.7 Å². The highest BCUT2D eigenvalue weighted by Crippen LogP contribution is 2.44. The molecule has 4 N–H and O–H groups in total. The molecule has 4 aromatic rings. The van der Waals surface area contributed by atoms with E-state index in [1.54, 1.807) is 13.8 Å². The van der Waals surface area contributed by atoms with Crippen LogP contribution in [-0.2, 0) is 14.3 Å². The molecular weight excluding hydrogens is 683 g/mol. The highest BCUT2D eigenvalue weighted by atomic mass is 16.6. The molecule has 12 heteroatoms. The normalized spacial score (nSPS) is 18.7. The van der Waals surface area contributed by atoms with Crippen molar-refractivity contribution in [3.05, 3.63) is 88.3 Å². The molecule has 2 fully saturated rings. The molecule has 1 saturated heterocycles. The van der Waals surface area contributed by atoms with Gasteiger partial charge in [0.05, 0.1) is 46.0 Å². The standard InChI is InChI=1S/C42H49N7O5/c1-23-35(47-37(39(43)51)25(3)45-23)30-9-7-28(8-10-30)29-11-15-32(16-12-29)42(5,6)41(53)54-34(50)21-27-19-20-49(22-27)33-17-13-31(14-18-33)36-24(2)46-26(4)38(48-36)40(44)52/h7-10,13-14,17-18,27,29,32H,11-12,15-16,19-22H2,1-6H3,(H2,43,51)(H2,44,52). The van der Waals surface area contributed by atoms with Gasteiger partial charge in [-0.25, -0.2) is 9.97 Å². The number of anilines is 1. The summed E-state index contributed by atoms with van der Waals surface area (Å²) in [6.45, 7) is 12.4. The number of hydrogen-bond acceptors (Lipinski definition) is 10. The van der Waals surface area contributed by atoms with Gasteiger partial charge in [-0.05, 0) is 109 Å². The van der Waals surface area contributed by atoms with Crippen molar-refractivity contribution < 1.29 is 23.9 Å². The molecule has 6 rings (SSSR count). The summed E-state index contributed by atoms with van der Waals surface area (Å²) in [5.41, 5.74) is 18.2. The average molecular weight is 732 g/mol. The number of primary amides is 2. The minimum absolute atomic E-state index is 0.0745. The Balaban J connectivity index is 0.988. The second-order valence-electron chi connectivity index (χ2n) is 15.4. The van der Waals surface area contributed by atoms with Crippen LogP contribution in [0.1, 0.15) is 108 Å². The number of carbonyl (C=O) groups is 4. The molecule has 1 saturated carbocycles. The fourth-order valence-electron chi connectivity index (χ4n) is 8.08. The lowest BCUT2D eigenvalue weighted by Gasteiger charge is -2.37. The zero-order valence-electron chi connectivity index (χ0n) is 31.9. The summed E-state index contributed by atoms with van der Waals surface area (Å²) >= 11 is 0. The number of ether oxygens (including phenoxy) is 1. The van der Waals surface area contributed by atoms with Gasteiger partial charge >= 0.3 is 11.9 Å². The molecule has 1 aliphatic carbocycles. The van der Waals surface area contributed by atoms with Crippen molar-refractivity contribution >= 4 is 29.4 Å². The van der Waals surface area contributed by atoms with Gasteiger partial charge < -0.3 is 21.1 Å². The number of aryl methyl sites for hydroxylation is 4. The van der Waals surface area contributed by atoms with Crippen LogP contribution in [0.4, 0.5) is 5.69 Å². The molecule has 1 unspecified atom stereocenters. The first-order valence-corrected chi connectivity index (χ1v) is 18.6. The van der Waals surface area contributed by atoms with Crippen molar-refractivity contribution in [2.75, 3.05) is 18.0 Å². The minimum atomic E-state index is -0.786. The summed E-state index contributed by atoms with van der Waals surface area (Å²) < 4.78 is 5.51. The van der Waals surface area contributed by atoms with Crippen LogP contribution in [0.15, 0.2) is 48.5 Å². The highest BCUT2D eigenvalue weighted by Gasteiger charge is 2.41. The van der Waals surface area contributed by atoms with Gasteiger partial charge in [-0.2, -0.15) is 0 Å². The molecule has 2 aromatic heterocycles. The lowest BCUT2D eigenvalue weighted by Crippen LogP contribution is -2.38. The van der Waals surface area contributed by atoms with Crippen LogP contribution in [0, 0.1) is 44.9 Å². The van der Waals surface area contributed by atoms with E-state index in [9.17, 15) is 19.2 Å². The van der Waals surface area contributed by atoms with Crippen LogP contribution < -0.4 is 16.4 Å². The Labute approximate surface area is 316 Å². The number of carbonyl (C=O) groups excluding carboxylic acids is 4. The van der Waals surface area contributed by atoms with Gasteiger partial charge in [0.15, 0.2) is 0 Å². The molecule has 0 bridgehead atoms. The van der Waals surface area contributed by atoms with Gasteiger partial charge in [0, 0.05) is 29.9 Å². The van der Waals surface area contributed by atoms with Gasteiger partial charge in [0.2, 0.25) is 0 Å². The maximum absolute atomic E-state index is 13.4. The average Bonchev–Trinajstić information content (AvgIpc) is 3.60. The van der Waals surface area contributed by atoms with E-state index in [1.165, 1.54) is 5.56 Å². The van der Waals surface area contributed by atoms with E-state index in [4.69, 9.17) is 16.2 Å². The van der Waals surface area contributed by atoms with Gasteiger partial charge in [-0.3, -0.25) is 29.1 Å². The lowest BCUT2D eigenvalue weighted by atomic mass is 9.67. The Morgan fingerprint density at radius 2 is 1.20 bits per heavy atom. The highest BCUT2D eigenvalue weighted by molar-refractivity contribution is 5.93. The topological polar surface area (TPSA) is 184 Å². The number of aromatic nitrogens is 4. The fourth-order valence-corrected chi connectivity index (χ4v) is 8.08. The van der Waals surface area contributed by atoms with Crippen molar-refractivity contribution in [3.8, 4) is 22.5 Å². The van der Waals surface area contributed by atoms with E-state index in [-0.39, 0.29) is 29.6 Å². The monoisotopic (exact) mass is 731 g/mol. The van der Waals surface area contributed by atoms with Gasteiger partial charge in [0.1, 0.15) is 11.4 Å². The van der Waals surface area contributed by atoms with E-state index in [1.807, 2.05) is 64.1 Å². The Kier molecular flexibility index (Phi) is 10.9. The number of nitrogens with two attached hydrogens (primary N) is 2. The fraction of sp³-hybridized carbons (Fsp3) is 0.429. The molecule has 2 amide bonds. The molecule has 282 valence electrons. The van der Waals surface area contributed by atoms with Crippen molar-refractivity contribution in [1.29, 1.82) is 0 Å². The van der Waals surface area contributed by atoms with Crippen LogP contribution >= 0.6 is 0 Å². The molecule has 2 aromatic carbocycles. The molecule has 1 atom stereocenters. The van der Waals surface area contributed by atoms with Crippen LogP contribution in [0.2, 0.25) is 0 Å². The third-order valence-corrected chi connectivity index (χ3v) is 11.3. The Morgan fingerprint density at radius 3 is 1.70 bits per heavy atom. The second kappa shape index (κ2) is 15.5. The SMILES string of the molecule is Cc1nc(C)c(-c2ccc(C3CCC(C(C)(C)C(=O)OC(=O)CC4CCN(c5ccc(-c6nc(C(N)=O)c(C)nc6C)cc5)C4)CC3)cc2)nc1C(N)=O. The summed E-state index contributed by atoms with van der Waals surface area (Å²) in [6.07, 6.45) is 4.56. The predicted molar refractivity (Wildman–Crippen MR) is 205 cm³/mol. The van der Waals surface area contributed by atoms with Gasteiger partial charge in [-0.1, -0.05) is 36.4 Å². The first-order chi connectivity index (χ1) is 25.6. The summed E-state index contributed by atoms with van der Waals surface area (Å²) in [7, 11) is 0. The largest absolute Gasteiger partial charge is 0.393 e. The molecule has 2 aliphatic rings. The van der Waals surface area contributed by atoms with Crippen molar-refractivity contribution in [2.45, 2.75) is 86.0 Å². The van der Waals surface area contributed by atoms with Crippen molar-refractivity contribution in [1.82, 2.24) is 19.9 Å². The summed E-state index contributed by atoms with van der Waals surface area (Å²) in [6, 6.07) is 16.1. The van der Waals surface area contributed by atoms with Gasteiger partial charge in [0.25, 0.3) is 11.8 Å². The molecule has 54 heavy (non-hydrogen) atoms. The zero-order valence-corrected chi connectivity index (χ0v) is 31.9. The molecule has 3 heterocycles. The van der Waals surface area contributed by atoms with Crippen LogP contribution in [-0.4, -0.2) is 56.8 Å². The third-order valence-electron chi connectivity index (χ3n) is 11.3. The maximum Gasteiger partial charge on any atom is 0.319 e. The molecule has 1 aliphatic heterocycles. The number of benzene rings is 2. The second-order valence-corrected chi connectivity index (χ2v) is 15.4. The third kappa shape index (κ3) is 8.02. The Bertz CT molecular complexity index is 2090. The lowest BCUT2D eigenvalue weighted by molar-refractivity contribution is -0.169. The molecular formula is C42H49N7O5. The molecule has 12 nitrogen and oxygen atoms in total. The summed E-state index contributed by atoms with van der Waals surface area (Å²) in [4.78, 5) is 70.2. The summed E-state index contributed by atoms with van der Waals surface area (Å²) in [5.74, 6) is -1.60. The number of hydrogen-bond donors (Lipinski definition) is 2. The van der Waals surface area contributed by atoms with E-state index >= 15 is 0 Å². The number of nitrogens with zero attached hydrogens (tertiary/aromatic N) is 5. The number of amides is 2. The number of rotatable bonds is 10. The van der Waals surface area contributed by atoms with E-state index in [0.29, 0.717) is 40.9 Å². The van der Waals surface area contributed by atoms with Crippen LogP contribution in [0.25, 0.3) is 22.5 Å². The van der Waals surface area contributed by atoms with E-state index in [2.05, 4.69) is 37.0 Å². The smallest absolute Gasteiger partial charge is 0.319 e. The van der Waals surface area contributed by atoms with Crippen LogP contribution in [0.3, 0.4) is 0 Å². The number of esters is 2. The van der Waals surface area contributed by atoms with Gasteiger partial charge in [-0.15, -0.1) is 0 Å². The Hall–Kier alpha value is -5.52. The van der Waals surface area contributed by atoms with Crippen LogP contribution in [0.5, 0.6) is 0 Å². The predicted octanol–water partition coefficient (Wildman–Crippen LogP) is 6.32. The Morgan fingerprint density at radius 1 is 0.704 bits per heavy atom. The minimum Gasteiger partial charge on any atom is -0.393 e. The first-order valence-electron chi connectivity index (χ1n) is 18.6. The molecule has 0 radical (unpaired) electrons. The molecule has 0 spiro atoms. The van der Waals surface area contributed by atoms with E-state index in [0.717, 1.165) is 61.2 Å². The van der Waals surface area contributed by atoms with E-state index < -0.39 is 29.2 Å². The first kappa shape index (κ1) is 38.2. The summed E-state index contributed by atoms with van der Waals surface area (Å²) in [5, 5.41) is 0. The maximum atomic E-state index is 13.4. The quantitative estimate of drug-likeness (QED) is 0.138. The van der Waals surface area contributed by atoms with Crippen molar-refractivity contribution in [3.63, 3.8) is 0 Å². The zero-order chi connectivity index (χ0) is 38.9.